The molecule has 0 radical (unpaired) electrons. The van der Waals surface area contributed by atoms with Gasteiger partial charge in [0.05, 0.1) is 5.03 Å². The zero-order valence-electron chi connectivity index (χ0n) is 11.0. The third kappa shape index (κ3) is 3.23. The van der Waals surface area contributed by atoms with E-state index in [1.54, 1.807) is 0 Å². The topological polar surface area (TPSA) is 16.1 Å². The van der Waals surface area contributed by atoms with Gasteiger partial charge in [-0.3, -0.25) is 4.90 Å². The van der Waals surface area contributed by atoms with E-state index in [0.29, 0.717) is 11.3 Å². The molecular formula is C14H22N2S. The highest BCUT2D eigenvalue weighted by atomic mass is 32.2. The van der Waals surface area contributed by atoms with Gasteiger partial charge in [0.1, 0.15) is 0 Å². The summed E-state index contributed by atoms with van der Waals surface area (Å²) in [5, 5.41) is 1.75. The van der Waals surface area contributed by atoms with Gasteiger partial charge in [-0.15, -0.1) is 11.8 Å². The lowest BCUT2D eigenvalue weighted by Crippen LogP contribution is -2.22. The van der Waals surface area contributed by atoms with E-state index < -0.39 is 0 Å². The molecule has 0 spiro atoms. The minimum Gasteiger partial charge on any atom is -0.297 e. The second-order valence-electron chi connectivity index (χ2n) is 4.88. The zero-order valence-corrected chi connectivity index (χ0v) is 11.8. The molecule has 1 aliphatic heterocycles. The molecule has 1 fully saturated rings. The first-order valence-corrected chi connectivity index (χ1v) is 7.45. The van der Waals surface area contributed by atoms with Crippen molar-refractivity contribution >= 4 is 11.8 Å². The quantitative estimate of drug-likeness (QED) is 0.757. The van der Waals surface area contributed by atoms with Crippen LogP contribution in [0.4, 0.5) is 0 Å². The Bertz CT molecular complexity index is 348. The number of thioether (sulfide) groups is 1. The molecule has 0 amide bonds. The van der Waals surface area contributed by atoms with Crippen LogP contribution in [0.25, 0.3) is 0 Å². The standard InChI is InChI=1S/C14H22N2S/c1-4-16-9-5-6-13(16)12-7-8-14(15-10-12)17-11(2)3/h7-8,10-11,13H,4-6,9H2,1-3H3. The molecular weight excluding hydrogens is 228 g/mol. The molecule has 1 unspecified atom stereocenters. The molecule has 0 aromatic carbocycles. The lowest BCUT2D eigenvalue weighted by molar-refractivity contribution is 0.271. The average Bonchev–Trinajstić information content (AvgIpc) is 2.77. The van der Waals surface area contributed by atoms with Gasteiger partial charge in [0.15, 0.2) is 0 Å². The van der Waals surface area contributed by atoms with Crippen LogP contribution < -0.4 is 0 Å². The van der Waals surface area contributed by atoms with Crippen LogP contribution in [0.3, 0.4) is 0 Å². The van der Waals surface area contributed by atoms with Gasteiger partial charge in [-0.1, -0.05) is 26.8 Å². The Kier molecular flexibility index (Phi) is 4.46. The van der Waals surface area contributed by atoms with Crippen molar-refractivity contribution in [2.75, 3.05) is 13.1 Å². The summed E-state index contributed by atoms with van der Waals surface area (Å²) in [6, 6.07) is 5.04. The van der Waals surface area contributed by atoms with Crippen molar-refractivity contribution in [3.8, 4) is 0 Å². The molecule has 2 rings (SSSR count). The van der Waals surface area contributed by atoms with Crippen LogP contribution in [-0.4, -0.2) is 28.2 Å². The van der Waals surface area contributed by atoms with Crippen LogP contribution in [0.2, 0.25) is 0 Å². The first kappa shape index (κ1) is 12.9. The molecule has 0 saturated carbocycles. The smallest absolute Gasteiger partial charge is 0.0962 e. The SMILES string of the molecule is CCN1CCCC1c1ccc(SC(C)C)nc1. The van der Waals surface area contributed by atoms with E-state index in [9.17, 15) is 0 Å². The molecule has 0 aliphatic carbocycles. The normalized spacial score (nSPS) is 21.3. The third-order valence-electron chi connectivity index (χ3n) is 3.27. The van der Waals surface area contributed by atoms with Gasteiger partial charge in [0.25, 0.3) is 0 Å². The predicted octanol–water partition coefficient (Wildman–Crippen LogP) is 3.74. The first-order valence-electron chi connectivity index (χ1n) is 6.57. The van der Waals surface area contributed by atoms with Crippen molar-refractivity contribution in [2.24, 2.45) is 0 Å². The number of rotatable bonds is 4. The molecule has 1 aromatic heterocycles. The molecule has 17 heavy (non-hydrogen) atoms. The molecule has 1 saturated heterocycles. The Morgan fingerprint density at radius 3 is 2.88 bits per heavy atom. The van der Waals surface area contributed by atoms with E-state index in [-0.39, 0.29) is 0 Å². The number of likely N-dealkylation sites (tertiary alicyclic amines) is 1. The van der Waals surface area contributed by atoms with Crippen molar-refractivity contribution in [1.29, 1.82) is 0 Å². The summed E-state index contributed by atoms with van der Waals surface area (Å²) in [4.78, 5) is 7.12. The highest BCUT2D eigenvalue weighted by Crippen LogP contribution is 2.32. The maximum Gasteiger partial charge on any atom is 0.0962 e. The molecule has 94 valence electrons. The van der Waals surface area contributed by atoms with Gasteiger partial charge in [-0.25, -0.2) is 4.98 Å². The summed E-state index contributed by atoms with van der Waals surface area (Å²) in [6.45, 7) is 9.04. The molecule has 2 nitrogen and oxygen atoms in total. The van der Waals surface area contributed by atoms with E-state index in [4.69, 9.17) is 0 Å². The Morgan fingerprint density at radius 1 is 1.47 bits per heavy atom. The second-order valence-corrected chi connectivity index (χ2v) is 6.48. The summed E-state index contributed by atoms with van der Waals surface area (Å²) in [5.74, 6) is 0. The highest BCUT2D eigenvalue weighted by molar-refractivity contribution is 7.99. The zero-order chi connectivity index (χ0) is 12.3. The Morgan fingerprint density at radius 2 is 2.29 bits per heavy atom. The minimum absolute atomic E-state index is 0.602. The summed E-state index contributed by atoms with van der Waals surface area (Å²) < 4.78 is 0. The fraction of sp³-hybridized carbons (Fsp3) is 0.643. The van der Waals surface area contributed by atoms with Crippen LogP contribution in [0.1, 0.15) is 45.2 Å². The fourth-order valence-corrected chi connectivity index (χ4v) is 3.23. The van der Waals surface area contributed by atoms with Crippen molar-refractivity contribution < 1.29 is 0 Å². The lowest BCUT2D eigenvalue weighted by Gasteiger charge is -2.22. The number of hydrogen-bond donors (Lipinski definition) is 0. The van der Waals surface area contributed by atoms with E-state index in [2.05, 4.69) is 49.0 Å². The summed E-state index contributed by atoms with van der Waals surface area (Å²) in [5.41, 5.74) is 1.39. The molecule has 0 N–H and O–H groups in total. The van der Waals surface area contributed by atoms with Gasteiger partial charge in [0.2, 0.25) is 0 Å². The Balaban J connectivity index is 2.07. The van der Waals surface area contributed by atoms with Crippen LogP contribution in [0.15, 0.2) is 23.4 Å². The molecule has 1 atom stereocenters. The largest absolute Gasteiger partial charge is 0.297 e. The van der Waals surface area contributed by atoms with Gasteiger partial charge in [-0.05, 0) is 37.6 Å². The van der Waals surface area contributed by atoms with Crippen LogP contribution >= 0.6 is 11.8 Å². The molecule has 1 aliphatic rings. The van der Waals surface area contributed by atoms with Gasteiger partial charge >= 0.3 is 0 Å². The van der Waals surface area contributed by atoms with Gasteiger partial charge in [-0.2, -0.15) is 0 Å². The molecule has 1 aromatic rings. The third-order valence-corrected chi connectivity index (χ3v) is 4.22. The van der Waals surface area contributed by atoms with Crippen LogP contribution in [-0.2, 0) is 0 Å². The number of hydrogen-bond acceptors (Lipinski definition) is 3. The molecule has 2 heterocycles. The van der Waals surface area contributed by atoms with Crippen molar-refractivity contribution in [2.45, 2.75) is 49.9 Å². The van der Waals surface area contributed by atoms with E-state index in [0.717, 1.165) is 11.6 Å². The summed E-state index contributed by atoms with van der Waals surface area (Å²) in [6.07, 6.45) is 4.68. The number of nitrogens with zero attached hydrogens (tertiary/aromatic N) is 2. The first-order chi connectivity index (χ1) is 8.20. The highest BCUT2D eigenvalue weighted by Gasteiger charge is 2.24. The van der Waals surface area contributed by atoms with Crippen LogP contribution in [0, 0.1) is 0 Å². The van der Waals surface area contributed by atoms with E-state index in [1.807, 2.05) is 11.8 Å². The lowest BCUT2D eigenvalue weighted by atomic mass is 10.1. The van der Waals surface area contributed by atoms with E-state index in [1.165, 1.54) is 24.9 Å². The Hall–Kier alpha value is -0.540. The summed E-state index contributed by atoms with van der Waals surface area (Å²) >= 11 is 1.83. The van der Waals surface area contributed by atoms with Gasteiger partial charge in [0, 0.05) is 17.5 Å². The molecule has 3 heteroatoms. The van der Waals surface area contributed by atoms with Gasteiger partial charge < -0.3 is 0 Å². The maximum atomic E-state index is 4.57. The predicted molar refractivity (Wildman–Crippen MR) is 74.5 cm³/mol. The average molecular weight is 250 g/mol. The minimum atomic E-state index is 0.602. The monoisotopic (exact) mass is 250 g/mol. The second kappa shape index (κ2) is 5.87. The number of pyridine rings is 1. The Labute approximate surface area is 109 Å². The number of aromatic nitrogens is 1. The van der Waals surface area contributed by atoms with E-state index >= 15 is 0 Å². The van der Waals surface area contributed by atoms with Crippen molar-refractivity contribution in [3.05, 3.63) is 23.9 Å². The maximum absolute atomic E-state index is 4.57. The van der Waals surface area contributed by atoms with Crippen LogP contribution in [0.5, 0.6) is 0 Å². The van der Waals surface area contributed by atoms with Crippen molar-refractivity contribution in [1.82, 2.24) is 9.88 Å². The summed E-state index contributed by atoms with van der Waals surface area (Å²) in [7, 11) is 0. The molecule has 0 bridgehead atoms. The fourth-order valence-electron chi connectivity index (χ4n) is 2.48. The van der Waals surface area contributed by atoms with Crippen molar-refractivity contribution in [3.63, 3.8) is 0 Å².